The van der Waals surface area contributed by atoms with E-state index in [2.05, 4.69) is 15.7 Å². The Morgan fingerprint density at radius 3 is 2.65 bits per heavy atom. The molecule has 3 rings (SSSR count). The lowest BCUT2D eigenvalue weighted by Crippen LogP contribution is -2.51. The van der Waals surface area contributed by atoms with Gasteiger partial charge in [0.1, 0.15) is 24.0 Å². The van der Waals surface area contributed by atoms with Gasteiger partial charge >= 0.3 is 6.09 Å². The third-order valence-corrected chi connectivity index (χ3v) is 6.82. The van der Waals surface area contributed by atoms with Gasteiger partial charge in [-0.25, -0.2) is 22.0 Å². The van der Waals surface area contributed by atoms with Gasteiger partial charge in [0.2, 0.25) is 0 Å². The van der Waals surface area contributed by atoms with Gasteiger partial charge in [0, 0.05) is 11.9 Å². The zero-order valence-electron chi connectivity index (χ0n) is 20.1. The standard InChI is InChI=1S/C21H27F2N5O8S/c1-4-35-18-16(10-27(26-18)11-17(22)23)37(33,34)28-9-13(8-24-19(29)21(2,3)32)36-15-6-5-12(7-14(15)28)25-20(30)31/h5-7,10,13,17,25,32H,4,8-9,11H2,1-3H3,(H,24,29)(H,30,31). The summed E-state index contributed by atoms with van der Waals surface area (Å²) in [4.78, 5) is 22.7. The molecule has 1 aromatic carbocycles. The van der Waals surface area contributed by atoms with Crippen LogP contribution in [0, 0.1) is 0 Å². The van der Waals surface area contributed by atoms with Crippen LogP contribution in [0.1, 0.15) is 20.8 Å². The number of fused-ring (bicyclic) bond motifs is 1. The summed E-state index contributed by atoms with van der Waals surface area (Å²) < 4.78 is 66.3. The number of sulfonamides is 1. The zero-order chi connectivity index (χ0) is 27.5. The van der Waals surface area contributed by atoms with Crippen LogP contribution in [0.15, 0.2) is 29.3 Å². The number of anilines is 2. The quantitative estimate of drug-likeness (QED) is 0.344. The van der Waals surface area contributed by atoms with E-state index in [1.54, 1.807) is 6.92 Å². The number of aromatic nitrogens is 2. The van der Waals surface area contributed by atoms with Crippen LogP contribution < -0.4 is 24.4 Å². The molecule has 37 heavy (non-hydrogen) atoms. The third kappa shape index (κ3) is 6.56. The van der Waals surface area contributed by atoms with Gasteiger partial charge in [-0.2, -0.15) is 0 Å². The highest BCUT2D eigenvalue weighted by Gasteiger charge is 2.38. The minimum Gasteiger partial charge on any atom is -0.484 e. The lowest BCUT2D eigenvalue weighted by Gasteiger charge is -2.35. The van der Waals surface area contributed by atoms with Gasteiger partial charge in [-0.15, -0.1) is 5.10 Å². The molecular formula is C21H27F2N5O8S. The average Bonchev–Trinajstić information content (AvgIpc) is 3.18. The molecule has 1 aliphatic rings. The summed E-state index contributed by atoms with van der Waals surface area (Å²) in [6.07, 6.45) is -4.20. The maximum Gasteiger partial charge on any atom is 0.409 e. The largest absolute Gasteiger partial charge is 0.484 e. The number of carbonyl (C=O) groups excluding carboxylic acids is 1. The molecule has 0 bridgehead atoms. The topological polar surface area (TPSA) is 172 Å². The maximum atomic E-state index is 13.8. The van der Waals surface area contributed by atoms with E-state index in [0.717, 1.165) is 15.2 Å². The molecule has 1 unspecified atom stereocenters. The molecule has 2 amide bonds. The first-order valence-corrected chi connectivity index (χ1v) is 12.5. The van der Waals surface area contributed by atoms with Gasteiger partial charge in [-0.3, -0.25) is 19.1 Å². The number of halogens is 2. The summed E-state index contributed by atoms with van der Waals surface area (Å²) in [5.41, 5.74) is -1.69. The van der Waals surface area contributed by atoms with Crippen LogP contribution in [0.25, 0.3) is 0 Å². The number of alkyl halides is 2. The minimum absolute atomic E-state index is 0.00614. The number of aliphatic hydroxyl groups is 1. The normalized spacial score (nSPS) is 15.6. The predicted molar refractivity (Wildman–Crippen MR) is 126 cm³/mol. The highest BCUT2D eigenvalue weighted by Crippen LogP contribution is 2.40. The second kappa shape index (κ2) is 10.8. The van der Waals surface area contributed by atoms with E-state index in [1.807, 2.05) is 0 Å². The Morgan fingerprint density at radius 2 is 2.05 bits per heavy atom. The molecule has 2 heterocycles. The highest BCUT2D eigenvalue weighted by molar-refractivity contribution is 7.93. The van der Waals surface area contributed by atoms with Crippen molar-refractivity contribution < 1.29 is 46.5 Å². The summed E-state index contributed by atoms with van der Waals surface area (Å²) in [6, 6.07) is 3.93. The van der Waals surface area contributed by atoms with E-state index in [9.17, 15) is 31.9 Å². The van der Waals surface area contributed by atoms with Crippen molar-refractivity contribution in [3.05, 3.63) is 24.4 Å². The number of hydrogen-bond donors (Lipinski definition) is 4. The van der Waals surface area contributed by atoms with Crippen molar-refractivity contribution in [2.24, 2.45) is 0 Å². The van der Waals surface area contributed by atoms with Crippen molar-refractivity contribution in [1.82, 2.24) is 15.1 Å². The lowest BCUT2D eigenvalue weighted by atomic mass is 10.1. The molecular weight excluding hydrogens is 520 g/mol. The van der Waals surface area contributed by atoms with Crippen LogP contribution in [0.5, 0.6) is 11.6 Å². The summed E-state index contributed by atoms with van der Waals surface area (Å²) in [5.74, 6) is -1.06. The van der Waals surface area contributed by atoms with Crippen molar-refractivity contribution in [3.63, 3.8) is 0 Å². The Morgan fingerprint density at radius 1 is 1.35 bits per heavy atom. The number of nitrogens with zero attached hydrogens (tertiary/aromatic N) is 3. The molecule has 1 aromatic heterocycles. The first-order valence-electron chi connectivity index (χ1n) is 11.0. The minimum atomic E-state index is -4.53. The Hall–Kier alpha value is -3.66. The molecule has 0 saturated carbocycles. The molecule has 13 nitrogen and oxygen atoms in total. The van der Waals surface area contributed by atoms with Crippen molar-refractivity contribution in [2.45, 2.75) is 50.3 Å². The van der Waals surface area contributed by atoms with Crippen molar-refractivity contribution >= 4 is 33.4 Å². The molecule has 204 valence electrons. The summed E-state index contributed by atoms with van der Waals surface area (Å²) >= 11 is 0. The molecule has 0 radical (unpaired) electrons. The Balaban J connectivity index is 2.05. The molecule has 0 aliphatic carbocycles. The van der Waals surface area contributed by atoms with E-state index in [1.165, 1.54) is 32.0 Å². The molecule has 4 N–H and O–H groups in total. The van der Waals surface area contributed by atoms with Crippen LogP contribution in [-0.4, -0.2) is 78.2 Å². The fourth-order valence-electron chi connectivity index (χ4n) is 3.42. The first-order chi connectivity index (χ1) is 17.2. The Labute approximate surface area is 211 Å². The molecule has 0 saturated heterocycles. The number of ether oxygens (including phenoxy) is 2. The third-order valence-electron chi connectivity index (χ3n) is 5.06. The SMILES string of the molecule is CCOc1nn(CC(F)F)cc1S(=O)(=O)N1CC(CNC(=O)C(C)(C)O)Oc2ccc(NC(=O)O)cc21. The van der Waals surface area contributed by atoms with E-state index >= 15 is 0 Å². The van der Waals surface area contributed by atoms with E-state index in [-0.39, 0.29) is 42.7 Å². The van der Waals surface area contributed by atoms with Crippen molar-refractivity contribution in [1.29, 1.82) is 0 Å². The summed E-state index contributed by atoms with van der Waals surface area (Å²) in [7, 11) is -4.53. The second-order valence-electron chi connectivity index (χ2n) is 8.50. The van der Waals surface area contributed by atoms with Crippen molar-refractivity contribution in [2.75, 3.05) is 29.3 Å². The van der Waals surface area contributed by atoms with Crippen molar-refractivity contribution in [3.8, 4) is 11.6 Å². The van der Waals surface area contributed by atoms with Gasteiger partial charge in [0.25, 0.3) is 28.2 Å². The van der Waals surface area contributed by atoms with Gasteiger partial charge < -0.3 is 25.0 Å². The number of amides is 2. The van der Waals surface area contributed by atoms with Gasteiger partial charge in [-0.1, -0.05) is 0 Å². The van der Waals surface area contributed by atoms with Crippen LogP contribution in [-0.2, 0) is 21.4 Å². The lowest BCUT2D eigenvalue weighted by molar-refractivity contribution is -0.136. The fraction of sp³-hybridized carbons (Fsp3) is 0.476. The number of nitrogens with one attached hydrogen (secondary N) is 2. The van der Waals surface area contributed by atoms with Gasteiger partial charge in [0.05, 0.1) is 25.4 Å². The van der Waals surface area contributed by atoms with E-state index < -0.39 is 51.6 Å². The van der Waals surface area contributed by atoms with E-state index in [0.29, 0.717) is 0 Å². The maximum absolute atomic E-state index is 13.8. The van der Waals surface area contributed by atoms with Crippen LogP contribution >= 0.6 is 0 Å². The van der Waals surface area contributed by atoms with Crippen LogP contribution in [0.4, 0.5) is 25.0 Å². The first kappa shape index (κ1) is 27.9. The Bertz CT molecular complexity index is 1260. The summed E-state index contributed by atoms with van der Waals surface area (Å²) in [5, 5.41) is 27.3. The predicted octanol–water partition coefficient (Wildman–Crippen LogP) is 1.48. The molecule has 16 heteroatoms. The van der Waals surface area contributed by atoms with Crippen LogP contribution in [0.3, 0.4) is 0 Å². The molecule has 0 fully saturated rings. The Kier molecular flexibility index (Phi) is 8.12. The number of rotatable bonds is 10. The average molecular weight is 548 g/mol. The number of hydrogen-bond acceptors (Lipinski definition) is 8. The fourth-order valence-corrected chi connectivity index (χ4v) is 5.00. The van der Waals surface area contributed by atoms with Gasteiger partial charge in [0.15, 0.2) is 4.90 Å². The molecule has 1 atom stereocenters. The molecule has 1 aliphatic heterocycles. The monoisotopic (exact) mass is 547 g/mol. The second-order valence-corrected chi connectivity index (χ2v) is 10.3. The smallest absolute Gasteiger partial charge is 0.409 e. The zero-order valence-corrected chi connectivity index (χ0v) is 21.0. The number of carbonyl (C=O) groups is 2. The molecule has 2 aromatic rings. The van der Waals surface area contributed by atoms with E-state index in [4.69, 9.17) is 14.6 Å². The number of carboxylic acid groups (broad SMARTS) is 1. The highest BCUT2D eigenvalue weighted by atomic mass is 32.2. The molecule has 0 spiro atoms. The van der Waals surface area contributed by atoms with Gasteiger partial charge in [-0.05, 0) is 39.0 Å². The van der Waals surface area contributed by atoms with Crippen LogP contribution in [0.2, 0.25) is 0 Å². The summed E-state index contributed by atoms with van der Waals surface area (Å²) in [6.45, 7) is 2.71. The number of benzene rings is 1.